The predicted molar refractivity (Wildman–Crippen MR) is 72.1 cm³/mol. The standard InChI is InChI=1S/C12H16ClNO2S/c1-8(7-16-3)14(2)12(15)10-6-9(17)4-5-11(10)13/h4-6,8,17H,7H2,1-3H3. The highest BCUT2D eigenvalue weighted by molar-refractivity contribution is 7.80. The molecule has 0 aliphatic rings. The van der Waals surface area contributed by atoms with Crippen LogP contribution < -0.4 is 0 Å². The van der Waals surface area contributed by atoms with Gasteiger partial charge in [-0.25, -0.2) is 0 Å². The molecular formula is C12H16ClNO2S. The molecule has 5 heteroatoms. The SMILES string of the molecule is COCC(C)N(C)C(=O)c1cc(S)ccc1Cl. The van der Waals surface area contributed by atoms with Crippen LogP contribution in [-0.2, 0) is 4.74 Å². The number of thiol groups is 1. The van der Waals surface area contributed by atoms with Gasteiger partial charge in [0.25, 0.3) is 5.91 Å². The Labute approximate surface area is 112 Å². The normalized spacial score (nSPS) is 12.3. The molecule has 1 rings (SSSR count). The first kappa shape index (κ1) is 14.4. The van der Waals surface area contributed by atoms with Gasteiger partial charge in [-0.1, -0.05) is 11.6 Å². The third-order valence-electron chi connectivity index (χ3n) is 2.57. The van der Waals surface area contributed by atoms with Gasteiger partial charge in [-0.15, -0.1) is 12.6 Å². The molecule has 0 aliphatic heterocycles. The molecule has 3 nitrogen and oxygen atoms in total. The lowest BCUT2D eigenvalue weighted by atomic mass is 10.2. The van der Waals surface area contributed by atoms with Crippen molar-refractivity contribution in [2.24, 2.45) is 0 Å². The molecule has 0 aromatic heterocycles. The fourth-order valence-corrected chi connectivity index (χ4v) is 1.82. The predicted octanol–water partition coefficient (Wildman–Crippen LogP) is 2.74. The summed E-state index contributed by atoms with van der Waals surface area (Å²) in [7, 11) is 3.34. The Bertz CT molecular complexity index is 411. The maximum absolute atomic E-state index is 12.2. The number of rotatable bonds is 4. The van der Waals surface area contributed by atoms with Gasteiger partial charge in [-0.3, -0.25) is 4.79 Å². The van der Waals surface area contributed by atoms with Crippen LogP contribution in [0.5, 0.6) is 0 Å². The molecule has 0 saturated heterocycles. The number of hydrogen-bond donors (Lipinski definition) is 1. The van der Waals surface area contributed by atoms with Crippen molar-refractivity contribution in [3.63, 3.8) is 0 Å². The lowest BCUT2D eigenvalue weighted by Gasteiger charge is -2.24. The van der Waals surface area contributed by atoms with Crippen molar-refractivity contribution in [2.75, 3.05) is 20.8 Å². The van der Waals surface area contributed by atoms with Gasteiger partial charge in [0.05, 0.1) is 23.2 Å². The van der Waals surface area contributed by atoms with E-state index in [2.05, 4.69) is 12.6 Å². The third-order valence-corrected chi connectivity index (χ3v) is 3.18. The molecule has 0 aliphatic carbocycles. The summed E-state index contributed by atoms with van der Waals surface area (Å²) in [6.07, 6.45) is 0. The van der Waals surface area contributed by atoms with Crippen LogP contribution >= 0.6 is 24.2 Å². The number of nitrogens with zero attached hydrogens (tertiary/aromatic N) is 1. The molecule has 0 spiro atoms. The smallest absolute Gasteiger partial charge is 0.255 e. The molecule has 0 saturated carbocycles. The summed E-state index contributed by atoms with van der Waals surface area (Å²) < 4.78 is 5.02. The van der Waals surface area contributed by atoms with Crippen LogP contribution in [0.2, 0.25) is 5.02 Å². The van der Waals surface area contributed by atoms with Gasteiger partial charge in [0, 0.05) is 19.1 Å². The largest absolute Gasteiger partial charge is 0.383 e. The van der Waals surface area contributed by atoms with Crippen molar-refractivity contribution in [3.8, 4) is 0 Å². The molecule has 0 heterocycles. The van der Waals surface area contributed by atoms with Crippen LogP contribution in [0.15, 0.2) is 23.1 Å². The topological polar surface area (TPSA) is 29.5 Å². The second kappa shape index (κ2) is 6.28. The molecular weight excluding hydrogens is 258 g/mol. The molecule has 17 heavy (non-hydrogen) atoms. The Hall–Kier alpha value is -0.710. The van der Waals surface area contributed by atoms with Crippen molar-refractivity contribution < 1.29 is 9.53 Å². The zero-order chi connectivity index (χ0) is 13.0. The van der Waals surface area contributed by atoms with E-state index in [4.69, 9.17) is 16.3 Å². The zero-order valence-electron chi connectivity index (χ0n) is 10.1. The number of halogens is 1. The van der Waals surface area contributed by atoms with Crippen LogP contribution in [0, 0.1) is 0 Å². The van der Waals surface area contributed by atoms with E-state index in [9.17, 15) is 4.79 Å². The Balaban J connectivity index is 2.92. The molecule has 1 atom stereocenters. The van der Waals surface area contributed by atoms with Crippen LogP contribution in [-0.4, -0.2) is 37.6 Å². The first-order chi connectivity index (χ1) is 7.97. The average molecular weight is 274 g/mol. The van der Waals surface area contributed by atoms with Gasteiger partial charge >= 0.3 is 0 Å². The second-order valence-corrected chi connectivity index (χ2v) is 4.81. The average Bonchev–Trinajstić information content (AvgIpc) is 2.30. The third kappa shape index (κ3) is 3.63. The highest BCUT2D eigenvalue weighted by atomic mass is 35.5. The van der Waals surface area contributed by atoms with Crippen LogP contribution in [0.1, 0.15) is 17.3 Å². The minimum atomic E-state index is -0.129. The van der Waals surface area contributed by atoms with Crippen molar-refractivity contribution in [1.29, 1.82) is 0 Å². The number of amides is 1. The Morgan fingerprint density at radius 3 is 2.82 bits per heavy atom. The highest BCUT2D eigenvalue weighted by Crippen LogP contribution is 2.21. The van der Waals surface area contributed by atoms with E-state index in [0.29, 0.717) is 22.1 Å². The molecule has 0 bridgehead atoms. The molecule has 1 aromatic rings. The first-order valence-electron chi connectivity index (χ1n) is 5.22. The van der Waals surface area contributed by atoms with E-state index in [0.717, 1.165) is 0 Å². The summed E-state index contributed by atoms with van der Waals surface area (Å²) in [5, 5.41) is 0.435. The van der Waals surface area contributed by atoms with Gasteiger partial charge < -0.3 is 9.64 Å². The molecule has 0 N–H and O–H groups in total. The minimum Gasteiger partial charge on any atom is -0.383 e. The van der Waals surface area contributed by atoms with Crippen molar-refractivity contribution >= 4 is 30.1 Å². The van der Waals surface area contributed by atoms with E-state index < -0.39 is 0 Å². The van der Waals surface area contributed by atoms with E-state index in [-0.39, 0.29) is 11.9 Å². The molecule has 1 aromatic carbocycles. The summed E-state index contributed by atoms with van der Waals surface area (Å²) in [4.78, 5) is 14.5. The molecule has 0 fully saturated rings. The fraction of sp³-hybridized carbons (Fsp3) is 0.417. The second-order valence-electron chi connectivity index (χ2n) is 3.88. The number of likely N-dealkylation sites (N-methyl/N-ethyl adjacent to an activating group) is 1. The quantitative estimate of drug-likeness (QED) is 0.855. The monoisotopic (exact) mass is 273 g/mol. The number of carbonyl (C=O) groups is 1. The van der Waals surface area contributed by atoms with Crippen molar-refractivity contribution in [2.45, 2.75) is 17.9 Å². The molecule has 0 radical (unpaired) electrons. The van der Waals surface area contributed by atoms with E-state index >= 15 is 0 Å². The summed E-state index contributed by atoms with van der Waals surface area (Å²) in [6.45, 7) is 2.40. The number of carbonyl (C=O) groups excluding carboxylic acids is 1. The van der Waals surface area contributed by atoms with Crippen LogP contribution in [0.25, 0.3) is 0 Å². The van der Waals surface area contributed by atoms with E-state index in [1.54, 1.807) is 37.3 Å². The first-order valence-corrected chi connectivity index (χ1v) is 6.04. The van der Waals surface area contributed by atoms with Gasteiger partial charge in [0.15, 0.2) is 0 Å². The maximum atomic E-state index is 12.2. The number of hydrogen-bond acceptors (Lipinski definition) is 3. The van der Waals surface area contributed by atoms with Crippen molar-refractivity contribution in [3.05, 3.63) is 28.8 Å². The Morgan fingerprint density at radius 2 is 2.24 bits per heavy atom. The van der Waals surface area contributed by atoms with E-state index in [1.807, 2.05) is 6.92 Å². The van der Waals surface area contributed by atoms with E-state index in [1.165, 1.54) is 0 Å². The number of ether oxygens (including phenoxy) is 1. The maximum Gasteiger partial charge on any atom is 0.255 e. The highest BCUT2D eigenvalue weighted by Gasteiger charge is 2.19. The van der Waals surface area contributed by atoms with Crippen LogP contribution in [0.3, 0.4) is 0 Å². The summed E-state index contributed by atoms with van der Waals surface area (Å²) >= 11 is 10.2. The van der Waals surface area contributed by atoms with Crippen LogP contribution in [0.4, 0.5) is 0 Å². The van der Waals surface area contributed by atoms with Gasteiger partial charge in [0.1, 0.15) is 0 Å². The number of benzene rings is 1. The lowest BCUT2D eigenvalue weighted by molar-refractivity contribution is 0.0633. The molecule has 1 unspecified atom stereocenters. The van der Waals surface area contributed by atoms with Gasteiger partial charge in [-0.05, 0) is 25.1 Å². The lowest BCUT2D eigenvalue weighted by Crippen LogP contribution is -2.37. The van der Waals surface area contributed by atoms with Gasteiger partial charge in [0.2, 0.25) is 0 Å². The Kier molecular flexibility index (Phi) is 5.31. The fourth-order valence-electron chi connectivity index (χ4n) is 1.42. The molecule has 1 amide bonds. The van der Waals surface area contributed by atoms with Crippen molar-refractivity contribution in [1.82, 2.24) is 4.90 Å². The number of methoxy groups -OCH3 is 1. The summed E-state index contributed by atoms with van der Waals surface area (Å²) in [6, 6.07) is 5.09. The zero-order valence-corrected chi connectivity index (χ0v) is 11.8. The Morgan fingerprint density at radius 1 is 1.59 bits per heavy atom. The molecule has 94 valence electrons. The minimum absolute atomic E-state index is 0.00728. The van der Waals surface area contributed by atoms with Gasteiger partial charge in [-0.2, -0.15) is 0 Å². The summed E-state index contributed by atoms with van der Waals surface area (Å²) in [5.41, 5.74) is 0.463. The summed E-state index contributed by atoms with van der Waals surface area (Å²) in [5.74, 6) is -0.129.